The van der Waals surface area contributed by atoms with E-state index >= 15 is 0 Å². The summed E-state index contributed by atoms with van der Waals surface area (Å²) in [5, 5.41) is 14.3. The molecule has 178 valence electrons. The Kier molecular flexibility index (Phi) is 5.44. The van der Waals surface area contributed by atoms with Gasteiger partial charge in [0, 0.05) is 34.8 Å². The molecule has 6 nitrogen and oxygen atoms in total. The predicted molar refractivity (Wildman–Crippen MR) is 134 cm³/mol. The van der Waals surface area contributed by atoms with E-state index in [1.54, 1.807) is 6.20 Å². The quantitative estimate of drug-likeness (QED) is 0.301. The van der Waals surface area contributed by atoms with Crippen molar-refractivity contribution in [3.05, 3.63) is 65.6 Å². The van der Waals surface area contributed by atoms with Crippen molar-refractivity contribution in [2.24, 2.45) is 17.8 Å². The van der Waals surface area contributed by atoms with Crippen LogP contribution in [0.3, 0.4) is 0 Å². The lowest BCUT2D eigenvalue weighted by Gasteiger charge is -2.47. The van der Waals surface area contributed by atoms with E-state index in [1.165, 1.54) is 12.1 Å². The standard InChI is InChI=1S/C27H24ClFN4O2/c28-20-11-17(29)10-18-19(13-30-25(18)20)26-31-21(14-4-2-1-3-5-14)12-22(33-26)32-24-16-8-6-15(7-9-16)23(24)27(34)35/h1-5,10-13,15-16,23-24,30H,6-9H2,(H,34,35)(H,31,32,33)/t15?,16?,23-,24-/m0/s1. The molecule has 0 unspecified atom stereocenters. The number of nitrogens with one attached hydrogen (secondary N) is 2. The maximum atomic E-state index is 14.2. The molecule has 0 aliphatic heterocycles. The summed E-state index contributed by atoms with van der Waals surface area (Å²) in [4.78, 5) is 24.9. The Morgan fingerprint density at radius 1 is 1.06 bits per heavy atom. The van der Waals surface area contributed by atoms with Crippen molar-refractivity contribution in [2.45, 2.75) is 31.7 Å². The minimum atomic E-state index is -0.754. The highest BCUT2D eigenvalue weighted by molar-refractivity contribution is 6.35. The lowest BCUT2D eigenvalue weighted by molar-refractivity contribution is -0.148. The summed E-state index contributed by atoms with van der Waals surface area (Å²) < 4.78 is 14.2. The van der Waals surface area contributed by atoms with Crippen LogP contribution in [0.25, 0.3) is 33.5 Å². The van der Waals surface area contributed by atoms with Crippen LogP contribution in [-0.2, 0) is 4.79 Å². The monoisotopic (exact) mass is 490 g/mol. The van der Waals surface area contributed by atoms with E-state index in [0.29, 0.717) is 39.7 Å². The second-order valence-electron chi connectivity index (χ2n) is 9.55. The first-order chi connectivity index (χ1) is 17.0. The smallest absolute Gasteiger partial charge is 0.308 e. The highest BCUT2D eigenvalue weighted by atomic mass is 35.5. The number of H-pyrrole nitrogens is 1. The van der Waals surface area contributed by atoms with Crippen molar-refractivity contribution in [2.75, 3.05) is 5.32 Å². The number of rotatable bonds is 5. The van der Waals surface area contributed by atoms with Gasteiger partial charge < -0.3 is 15.4 Å². The molecular formula is C27H24ClFN4O2. The first-order valence-corrected chi connectivity index (χ1v) is 12.3. The molecule has 2 bridgehead atoms. The van der Waals surface area contributed by atoms with E-state index in [1.807, 2.05) is 36.4 Å². The molecule has 0 radical (unpaired) electrons. The maximum Gasteiger partial charge on any atom is 0.308 e. The van der Waals surface area contributed by atoms with E-state index in [4.69, 9.17) is 21.6 Å². The number of hydrogen-bond donors (Lipinski definition) is 3. The summed E-state index contributed by atoms with van der Waals surface area (Å²) in [6, 6.07) is 14.1. The Labute approximate surface area is 206 Å². The van der Waals surface area contributed by atoms with Gasteiger partial charge in [-0.15, -0.1) is 0 Å². The molecule has 3 aliphatic rings. The Balaban J connectivity index is 1.47. The van der Waals surface area contributed by atoms with Gasteiger partial charge in [-0.05, 0) is 49.7 Å². The zero-order valence-electron chi connectivity index (χ0n) is 18.8. The lowest BCUT2D eigenvalue weighted by Crippen LogP contribution is -2.51. The normalized spacial score (nSPS) is 23.5. The number of nitrogens with zero attached hydrogens (tertiary/aromatic N) is 2. The number of benzene rings is 2. The second-order valence-corrected chi connectivity index (χ2v) is 9.96. The minimum absolute atomic E-state index is 0.184. The molecule has 2 aromatic heterocycles. The van der Waals surface area contributed by atoms with E-state index in [2.05, 4.69) is 10.3 Å². The van der Waals surface area contributed by atoms with E-state index in [0.717, 1.165) is 31.2 Å². The molecule has 3 N–H and O–H groups in total. The van der Waals surface area contributed by atoms with Crippen LogP contribution in [0.1, 0.15) is 25.7 Å². The van der Waals surface area contributed by atoms with Crippen molar-refractivity contribution in [1.29, 1.82) is 0 Å². The summed E-state index contributed by atoms with van der Waals surface area (Å²) in [6.07, 6.45) is 5.70. The number of aliphatic carboxylic acids is 1. The summed E-state index contributed by atoms with van der Waals surface area (Å²) >= 11 is 6.25. The fraction of sp³-hybridized carbons (Fsp3) is 0.296. The third-order valence-corrected chi connectivity index (χ3v) is 7.86. The van der Waals surface area contributed by atoms with Gasteiger partial charge in [-0.25, -0.2) is 14.4 Å². The maximum absolute atomic E-state index is 14.2. The molecule has 0 spiro atoms. The van der Waals surface area contributed by atoms with Crippen molar-refractivity contribution >= 4 is 34.3 Å². The van der Waals surface area contributed by atoms with Gasteiger partial charge in [0.25, 0.3) is 0 Å². The number of halogens is 2. The molecule has 3 saturated carbocycles. The van der Waals surface area contributed by atoms with E-state index < -0.39 is 17.7 Å². The Morgan fingerprint density at radius 2 is 1.80 bits per heavy atom. The van der Waals surface area contributed by atoms with E-state index in [9.17, 15) is 14.3 Å². The highest BCUT2D eigenvalue weighted by Gasteiger charge is 2.47. The molecule has 35 heavy (non-hydrogen) atoms. The number of aromatic amines is 1. The number of carbonyl (C=O) groups is 1. The van der Waals surface area contributed by atoms with Crippen LogP contribution in [0, 0.1) is 23.6 Å². The average Bonchev–Trinajstić information content (AvgIpc) is 3.29. The molecule has 2 heterocycles. The Hall–Kier alpha value is -3.45. The lowest BCUT2D eigenvalue weighted by atomic mass is 9.61. The van der Waals surface area contributed by atoms with Crippen LogP contribution >= 0.6 is 11.6 Å². The Bertz CT molecular complexity index is 1420. The third kappa shape index (κ3) is 3.93. The summed E-state index contributed by atoms with van der Waals surface area (Å²) in [5.74, 6) is -0.185. The van der Waals surface area contributed by atoms with Crippen molar-refractivity contribution in [3.8, 4) is 22.6 Å². The van der Waals surface area contributed by atoms with Crippen LogP contribution < -0.4 is 5.32 Å². The number of fused-ring (bicyclic) bond motifs is 4. The van der Waals surface area contributed by atoms with Crippen molar-refractivity contribution in [3.63, 3.8) is 0 Å². The summed E-state index contributed by atoms with van der Waals surface area (Å²) in [5.41, 5.74) is 2.84. The zero-order valence-corrected chi connectivity index (χ0v) is 19.6. The fourth-order valence-corrected chi connectivity index (χ4v) is 6.18. The van der Waals surface area contributed by atoms with Gasteiger partial charge in [0.15, 0.2) is 5.82 Å². The molecule has 4 aromatic rings. The number of carboxylic acid groups (broad SMARTS) is 1. The number of anilines is 1. The molecule has 8 heteroatoms. The van der Waals surface area contributed by atoms with Gasteiger partial charge in [-0.2, -0.15) is 0 Å². The molecular weight excluding hydrogens is 467 g/mol. The first kappa shape index (κ1) is 22.0. The number of aromatic nitrogens is 3. The topological polar surface area (TPSA) is 90.9 Å². The Morgan fingerprint density at radius 3 is 2.54 bits per heavy atom. The third-order valence-electron chi connectivity index (χ3n) is 7.56. The largest absolute Gasteiger partial charge is 0.481 e. The van der Waals surface area contributed by atoms with Gasteiger partial charge in [0.1, 0.15) is 11.6 Å². The van der Waals surface area contributed by atoms with Crippen LogP contribution in [0.4, 0.5) is 10.2 Å². The van der Waals surface area contributed by atoms with Gasteiger partial charge in [-0.3, -0.25) is 4.79 Å². The van der Waals surface area contributed by atoms with E-state index in [-0.39, 0.29) is 17.0 Å². The fourth-order valence-electron chi connectivity index (χ4n) is 5.92. The molecule has 2 aromatic carbocycles. The molecule has 2 atom stereocenters. The van der Waals surface area contributed by atoms with Crippen LogP contribution in [0.2, 0.25) is 5.02 Å². The minimum Gasteiger partial charge on any atom is -0.481 e. The van der Waals surface area contributed by atoms with Gasteiger partial charge in [0.05, 0.1) is 22.2 Å². The predicted octanol–water partition coefficient (Wildman–Crippen LogP) is 6.39. The zero-order chi connectivity index (χ0) is 24.1. The van der Waals surface area contributed by atoms with Gasteiger partial charge >= 0.3 is 5.97 Å². The SMILES string of the molecule is O=C(O)[C@H]1C2CCC(CC2)[C@@H]1Nc1cc(-c2ccccc2)nc(-c2c[nH]c3c(Cl)cc(F)cc23)n1. The molecule has 3 fully saturated rings. The molecule has 0 saturated heterocycles. The van der Waals surface area contributed by atoms with Gasteiger partial charge in [0.2, 0.25) is 0 Å². The van der Waals surface area contributed by atoms with Crippen LogP contribution in [0.15, 0.2) is 54.7 Å². The molecule has 3 aliphatic carbocycles. The molecule has 7 rings (SSSR count). The van der Waals surface area contributed by atoms with Crippen LogP contribution in [-0.4, -0.2) is 32.1 Å². The first-order valence-electron chi connectivity index (χ1n) is 11.9. The highest BCUT2D eigenvalue weighted by Crippen LogP contribution is 2.46. The second kappa shape index (κ2) is 8.64. The van der Waals surface area contributed by atoms with Crippen molar-refractivity contribution in [1.82, 2.24) is 15.0 Å². The average molecular weight is 491 g/mol. The van der Waals surface area contributed by atoms with Crippen LogP contribution in [0.5, 0.6) is 0 Å². The van der Waals surface area contributed by atoms with Gasteiger partial charge in [-0.1, -0.05) is 41.9 Å². The summed E-state index contributed by atoms with van der Waals surface area (Å²) in [7, 11) is 0. The number of hydrogen-bond acceptors (Lipinski definition) is 4. The summed E-state index contributed by atoms with van der Waals surface area (Å²) in [6.45, 7) is 0. The van der Waals surface area contributed by atoms with Crippen molar-refractivity contribution < 1.29 is 14.3 Å². The number of carboxylic acids is 1. The molecule has 0 amide bonds.